The molecule has 1 heterocycles. The molecule has 1 rings (SSSR count). The Labute approximate surface area is 118 Å². The van der Waals surface area contributed by atoms with Gasteiger partial charge in [-0.2, -0.15) is 13.2 Å². The van der Waals surface area contributed by atoms with E-state index in [4.69, 9.17) is 5.11 Å². The minimum absolute atomic E-state index is 0.374. The average molecular weight is 312 g/mol. The van der Waals surface area contributed by atoms with Crippen molar-refractivity contribution in [2.75, 3.05) is 26.8 Å². The Morgan fingerprint density at radius 2 is 2.14 bits per heavy atom. The van der Waals surface area contributed by atoms with Crippen molar-refractivity contribution in [3.8, 4) is 0 Å². The van der Waals surface area contributed by atoms with E-state index >= 15 is 0 Å². The number of aliphatic hydroxyl groups excluding tert-OH is 1. The summed E-state index contributed by atoms with van der Waals surface area (Å²) in [6.07, 6.45) is -4.91. The molecule has 7 nitrogen and oxygen atoms in total. The molecule has 21 heavy (non-hydrogen) atoms. The SMILES string of the molecule is COC(=O)C(CO)NC(=O)C1CC(=O)N(CC(F)(F)F)C1. The topological polar surface area (TPSA) is 95.9 Å². The molecule has 0 aromatic heterocycles. The lowest BCUT2D eigenvalue weighted by Crippen LogP contribution is -2.47. The van der Waals surface area contributed by atoms with Gasteiger partial charge in [0.25, 0.3) is 0 Å². The van der Waals surface area contributed by atoms with E-state index in [1.54, 1.807) is 0 Å². The van der Waals surface area contributed by atoms with Crippen LogP contribution in [0, 0.1) is 5.92 Å². The number of carbonyl (C=O) groups excluding carboxylic acids is 3. The van der Waals surface area contributed by atoms with Crippen molar-refractivity contribution >= 4 is 17.8 Å². The zero-order chi connectivity index (χ0) is 16.2. The summed E-state index contributed by atoms with van der Waals surface area (Å²) < 4.78 is 41.0. The van der Waals surface area contributed by atoms with Gasteiger partial charge in [0.1, 0.15) is 6.54 Å². The number of hydrogen-bond acceptors (Lipinski definition) is 5. The number of ether oxygens (including phenoxy) is 1. The van der Waals surface area contributed by atoms with E-state index in [-0.39, 0.29) is 13.0 Å². The van der Waals surface area contributed by atoms with E-state index < -0.39 is 49.1 Å². The number of nitrogens with zero attached hydrogens (tertiary/aromatic N) is 1. The molecule has 2 amide bonds. The lowest BCUT2D eigenvalue weighted by Gasteiger charge is -2.19. The highest BCUT2D eigenvalue weighted by atomic mass is 19.4. The van der Waals surface area contributed by atoms with Gasteiger partial charge in [-0.1, -0.05) is 0 Å². The second-order valence-corrected chi connectivity index (χ2v) is 4.56. The maximum atomic E-state index is 12.2. The summed E-state index contributed by atoms with van der Waals surface area (Å²) in [7, 11) is 1.06. The van der Waals surface area contributed by atoms with Crippen LogP contribution in [0.15, 0.2) is 0 Å². The van der Waals surface area contributed by atoms with Gasteiger partial charge in [-0.3, -0.25) is 9.59 Å². The fourth-order valence-electron chi connectivity index (χ4n) is 1.93. The number of carbonyl (C=O) groups is 3. The molecule has 0 aliphatic carbocycles. The molecule has 1 saturated heterocycles. The Morgan fingerprint density at radius 3 is 2.62 bits per heavy atom. The third kappa shape index (κ3) is 4.88. The first-order valence-corrected chi connectivity index (χ1v) is 6.01. The smallest absolute Gasteiger partial charge is 0.406 e. The molecule has 10 heteroatoms. The number of aliphatic hydroxyl groups is 1. The van der Waals surface area contributed by atoms with Gasteiger partial charge in [-0.25, -0.2) is 4.79 Å². The molecule has 1 aliphatic heterocycles. The Hall–Kier alpha value is -1.84. The second kappa shape index (κ2) is 6.74. The molecular formula is C11H15F3N2O5. The van der Waals surface area contributed by atoms with Crippen molar-refractivity contribution in [3.05, 3.63) is 0 Å². The van der Waals surface area contributed by atoms with E-state index in [0.29, 0.717) is 4.90 Å². The van der Waals surface area contributed by atoms with Crippen molar-refractivity contribution in [1.29, 1.82) is 0 Å². The lowest BCUT2D eigenvalue weighted by molar-refractivity contribution is -0.157. The number of nitrogens with one attached hydrogen (secondary N) is 1. The summed E-state index contributed by atoms with van der Waals surface area (Å²) >= 11 is 0. The molecule has 0 aromatic rings. The van der Waals surface area contributed by atoms with Crippen LogP contribution in [0.2, 0.25) is 0 Å². The zero-order valence-electron chi connectivity index (χ0n) is 11.1. The predicted molar refractivity (Wildman–Crippen MR) is 61.8 cm³/mol. The van der Waals surface area contributed by atoms with Crippen LogP contribution in [-0.2, 0) is 19.1 Å². The van der Waals surface area contributed by atoms with Gasteiger partial charge in [0.15, 0.2) is 6.04 Å². The molecule has 0 spiro atoms. The largest absolute Gasteiger partial charge is 0.467 e. The molecule has 0 bridgehead atoms. The van der Waals surface area contributed by atoms with E-state index in [1.807, 2.05) is 0 Å². The second-order valence-electron chi connectivity index (χ2n) is 4.56. The molecular weight excluding hydrogens is 297 g/mol. The fourth-order valence-corrected chi connectivity index (χ4v) is 1.93. The number of esters is 1. The number of alkyl halides is 3. The normalized spacial score (nSPS) is 20.3. The van der Waals surface area contributed by atoms with Crippen molar-refractivity contribution in [3.63, 3.8) is 0 Å². The molecule has 2 atom stereocenters. The summed E-state index contributed by atoms with van der Waals surface area (Å²) in [5.74, 6) is -3.45. The number of likely N-dealkylation sites (tertiary alicyclic amines) is 1. The van der Waals surface area contributed by atoms with Crippen LogP contribution in [0.25, 0.3) is 0 Å². The van der Waals surface area contributed by atoms with Crippen molar-refractivity contribution in [1.82, 2.24) is 10.2 Å². The molecule has 2 unspecified atom stereocenters. The number of hydrogen-bond donors (Lipinski definition) is 2. The number of amides is 2. The molecule has 2 N–H and O–H groups in total. The van der Waals surface area contributed by atoms with Gasteiger partial charge >= 0.3 is 12.1 Å². The maximum absolute atomic E-state index is 12.2. The summed E-state index contributed by atoms with van der Waals surface area (Å²) in [5, 5.41) is 11.1. The van der Waals surface area contributed by atoms with Crippen molar-refractivity contribution < 1.29 is 37.4 Å². The van der Waals surface area contributed by atoms with Crippen LogP contribution in [0.4, 0.5) is 13.2 Å². The quantitative estimate of drug-likeness (QED) is 0.638. The average Bonchev–Trinajstić information content (AvgIpc) is 2.74. The molecule has 120 valence electrons. The fraction of sp³-hybridized carbons (Fsp3) is 0.727. The van der Waals surface area contributed by atoms with E-state index in [0.717, 1.165) is 7.11 Å². The first kappa shape index (κ1) is 17.2. The first-order valence-electron chi connectivity index (χ1n) is 6.01. The first-order chi connectivity index (χ1) is 9.67. The maximum Gasteiger partial charge on any atom is 0.406 e. The monoisotopic (exact) mass is 312 g/mol. The molecule has 0 radical (unpaired) electrons. The molecule has 1 fully saturated rings. The van der Waals surface area contributed by atoms with Crippen LogP contribution in [0.5, 0.6) is 0 Å². The lowest BCUT2D eigenvalue weighted by atomic mass is 10.1. The zero-order valence-corrected chi connectivity index (χ0v) is 11.1. The van der Waals surface area contributed by atoms with Crippen LogP contribution < -0.4 is 5.32 Å². The summed E-state index contributed by atoms with van der Waals surface area (Å²) in [6, 6.07) is -1.31. The Kier molecular flexibility index (Phi) is 5.53. The van der Waals surface area contributed by atoms with Crippen LogP contribution in [0.1, 0.15) is 6.42 Å². The third-order valence-electron chi connectivity index (χ3n) is 2.94. The van der Waals surface area contributed by atoms with Crippen LogP contribution in [-0.4, -0.2) is 66.8 Å². The van der Waals surface area contributed by atoms with Gasteiger partial charge < -0.3 is 20.1 Å². The molecule has 0 aromatic carbocycles. The summed E-state index contributed by atoms with van der Waals surface area (Å²) in [5.41, 5.74) is 0. The van der Waals surface area contributed by atoms with Gasteiger partial charge in [0.2, 0.25) is 11.8 Å². The molecule has 1 aliphatic rings. The summed E-state index contributed by atoms with van der Waals surface area (Å²) in [4.78, 5) is 34.9. The van der Waals surface area contributed by atoms with Crippen molar-refractivity contribution in [2.45, 2.75) is 18.6 Å². The highest BCUT2D eigenvalue weighted by Gasteiger charge is 2.41. The van der Waals surface area contributed by atoms with Gasteiger partial charge in [-0.15, -0.1) is 0 Å². The third-order valence-corrected chi connectivity index (χ3v) is 2.94. The van der Waals surface area contributed by atoms with E-state index in [1.165, 1.54) is 0 Å². The molecule has 0 saturated carbocycles. The number of methoxy groups -OCH3 is 1. The van der Waals surface area contributed by atoms with E-state index in [2.05, 4.69) is 10.1 Å². The van der Waals surface area contributed by atoms with Crippen LogP contribution in [0.3, 0.4) is 0 Å². The van der Waals surface area contributed by atoms with Gasteiger partial charge in [0.05, 0.1) is 19.6 Å². The van der Waals surface area contributed by atoms with Crippen molar-refractivity contribution in [2.24, 2.45) is 5.92 Å². The Bertz CT molecular complexity index is 427. The van der Waals surface area contributed by atoms with Gasteiger partial charge in [0, 0.05) is 13.0 Å². The highest BCUT2D eigenvalue weighted by Crippen LogP contribution is 2.23. The van der Waals surface area contributed by atoms with E-state index in [9.17, 15) is 27.6 Å². The van der Waals surface area contributed by atoms with Gasteiger partial charge in [-0.05, 0) is 0 Å². The summed E-state index contributed by atoms with van der Waals surface area (Å²) in [6.45, 7) is -2.52. The number of halogens is 3. The minimum atomic E-state index is -4.54. The standard InChI is InChI=1S/C11H15F3N2O5/c1-21-10(20)7(4-17)15-9(19)6-2-8(18)16(3-6)5-11(12,13)14/h6-7,17H,2-5H2,1H3,(H,15,19). The number of rotatable bonds is 5. The Morgan fingerprint density at radius 1 is 1.52 bits per heavy atom. The minimum Gasteiger partial charge on any atom is -0.467 e. The highest BCUT2D eigenvalue weighted by molar-refractivity contribution is 5.91. The Balaban J connectivity index is 2.61. The van der Waals surface area contributed by atoms with Crippen LogP contribution >= 0.6 is 0 Å². The predicted octanol–water partition coefficient (Wildman–Crippen LogP) is -0.953.